The van der Waals surface area contributed by atoms with E-state index in [-0.39, 0.29) is 5.41 Å². The summed E-state index contributed by atoms with van der Waals surface area (Å²) in [6, 6.07) is 59.5. The molecular formula is C43H33N. The first kappa shape index (κ1) is 26.2. The van der Waals surface area contributed by atoms with E-state index >= 15 is 0 Å². The SMILES string of the molecule is CC1(C)c2cc(N(c3ccccc3)c3ccc(-c4ccccc4-c4ccccc4)cc3)ccc2-c2cc3ccccc3cc21. The van der Waals surface area contributed by atoms with Crippen molar-refractivity contribution in [3.05, 3.63) is 175 Å². The largest absolute Gasteiger partial charge is 0.310 e. The van der Waals surface area contributed by atoms with E-state index in [2.05, 4.69) is 183 Å². The minimum atomic E-state index is -0.0991. The summed E-state index contributed by atoms with van der Waals surface area (Å²) in [5.74, 6) is 0. The number of benzene rings is 7. The van der Waals surface area contributed by atoms with Crippen LogP contribution in [0.15, 0.2) is 164 Å². The third-order valence-electron chi connectivity index (χ3n) is 9.25. The summed E-state index contributed by atoms with van der Waals surface area (Å²) < 4.78 is 0. The lowest BCUT2D eigenvalue weighted by Crippen LogP contribution is -2.16. The Balaban J connectivity index is 1.22. The normalized spacial score (nSPS) is 13.0. The molecule has 1 aliphatic rings. The van der Waals surface area contributed by atoms with E-state index < -0.39 is 0 Å². The Labute approximate surface area is 259 Å². The molecule has 0 heterocycles. The summed E-state index contributed by atoms with van der Waals surface area (Å²) in [7, 11) is 0. The van der Waals surface area contributed by atoms with Crippen molar-refractivity contribution in [2.24, 2.45) is 0 Å². The van der Waals surface area contributed by atoms with Gasteiger partial charge in [0.1, 0.15) is 0 Å². The van der Waals surface area contributed by atoms with Gasteiger partial charge in [0.05, 0.1) is 0 Å². The molecule has 0 atom stereocenters. The smallest absolute Gasteiger partial charge is 0.0465 e. The van der Waals surface area contributed by atoms with Crippen molar-refractivity contribution in [2.75, 3.05) is 4.90 Å². The van der Waals surface area contributed by atoms with Crippen molar-refractivity contribution in [2.45, 2.75) is 19.3 Å². The molecule has 0 saturated carbocycles. The summed E-state index contributed by atoms with van der Waals surface area (Å²) in [5.41, 5.74) is 13.7. The van der Waals surface area contributed by atoms with Crippen molar-refractivity contribution in [1.29, 1.82) is 0 Å². The van der Waals surface area contributed by atoms with E-state index in [1.54, 1.807) is 0 Å². The van der Waals surface area contributed by atoms with Gasteiger partial charge in [0.15, 0.2) is 0 Å². The lowest BCUT2D eigenvalue weighted by molar-refractivity contribution is 0.661. The van der Waals surface area contributed by atoms with Gasteiger partial charge in [-0.1, -0.05) is 129 Å². The molecule has 0 aliphatic heterocycles. The van der Waals surface area contributed by atoms with Crippen LogP contribution < -0.4 is 4.90 Å². The Morgan fingerprint density at radius 2 is 0.864 bits per heavy atom. The molecule has 8 rings (SSSR count). The second kappa shape index (κ2) is 10.4. The summed E-state index contributed by atoms with van der Waals surface area (Å²) in [6.45, 7) is 4.73. The standard InChI is InChI=1S/C43H33N/c1-43(2)41-28-33-16-10-9-15-32(33)27-40(41)39-26-25-36(29-42(39)43)44(34-17-7-4-8-18-34)35-23-21-31(22-24-35)38-20-12-11-19-37(38)30-13-5-3-6-14-30/h3-29H,1-2H3. The zero-order valence-electron chi connectivity index (χ0n) is 25.0. The van der Waals surface area contributed by atoms with Crippen LogP contribution in [0, 0.1) is 0 Å². The Hall–Kier alpha value is -5.40. The van der Waals surface area contributed by atoms with Gasteiger partial charge in [-0.25, -0.2) is 0 Å². The minimum absolute atomic E-state index is 0.0991. The van der Waals surface area contributed by atoms with Gasteiger partial charge in [0.2, 0.25) is 0 Å². The van der Waals surface area contributed by atoms with Gasteiger partial charge in [-0.2, -0.15) is 0 Å². The number of nitrogens with zero attached hydrogens (tertiary/aromatic N) is 1. The Morgan fingerprint density at radius 3 is 1.55 bits per heavy atom. The molecule has 0 N–H and O–H groups in total. The number of hydrogen-bond donors (Lipinski definition) is 0. The Bertz CT molecular complexity index is 2120. The van der Waals surface area contributed by atoms with Crippen LogP contribution in [0.5, 0.6) is 0 Å². The highest BCUT2D eigenvalue weighted by Crippen LogP contribution is 2.51. The fourth-order valence-corrected chi connectivity index (χ4v) is 6.97. The van der Waals surface area contributed by atoms with Crippen molar-refractivity contribution in [3.63, 3.8) is 0 Å². The topological polar surface area (TPSA) is 3.24 Å². The summed E-state index contributed by atoms with van der Waals surface area (Å²) in [5, 5.41) is 2.59. The Morgan fingerprint density at radius 1 is 0.364 bits per heavy atom. The third-order valence-corrected chi connectivity index (χ3v) is 9.25. The average molecular weight is 564 g/mol. The molecule has 1 aliphatic carbocycles. The molecule has 44 heavy (non-hydrogen) atoms. The van der Waals surface area contributed by atoms with Crippen LogP contribution in [0.25, 0.3) is 44.2 Å². The summed E-state index contributed by atoms with van der Waals surface area (Å²) in [6.07, 6.45) is 0. The zero-order valence-corrected chi connectivity index (χ0v) is 25.0. The van der Waals surface area contributed by atoms with Crippen molar-refractivity contribution in [1.82, 2.24) is 0 Å². The molecule has 210 valence electrons. The number of hydrogen-bond acceptors (Lipinski definition) is 1. The highest BCUT2D eigenvalue weighted by Gasteiger charge is 2.36. The van der Waals surface area contributed by atoms with Gasteiger partial charge in [-0.15, -0.1) is 0 Å². The third kappa shape index (κ3) is 4.32. The quantitative estimate of drug-likeness (QED) is 0.201. The van der Waals surface area contributed by atoms with Crippen LogP contribution in [0.2, 0.25) is 0 Å². The second-order valence-electron chi connectivity index (χ2n) is 12.2. The first-order chi connectivity index (χ1) is 21.6. The van der Waals surface area contributed by atoms with Crippen LogP contribution in [0.4, 0.5) is 17.1 Å². The molecule has 1 heteroatoms. The van der Waals surface area contributed by atoms with E-state index in [9.17, 15) is 0 Å². The zero-order chi connectivity index (χ0) is 29.7. The number of anilines is 3. The average Bonchev–Trinajstić information content (AvgIpc) is 3.30. The van der Waals surface area contributed by atoms with Gasteiger partial charge in [-0.3, -0.25) is 0 Å². The van der Waals surface area contributed by atoms with Crippen LogP contribution in [0.3, 0.4) is 0 Å². The molecule has 1 nitrogen and oxygen atoms in total. The minimum Gasteiger partial charge on any atom is -0.310 e. The molecule has 0 amide bonds. The fraction of sp³-hybridized carbons (Fsp3) is 0.0698. The molecule has 0 aromatic heterocycles. The second-order valence-corrected chi connectivity index (χ2v) is 12.2. The number of fused-ring (bicyclic) bond motifs is 4. The van der Waals surface area contributed by atoms with Gasteiger partial charge in [-0.05, 0) is 104 Å². The van der Waals surface area contributed by atoms with Crippen molar-refractivity contribution in [3.8, 4) is 33.4 Å². The first-order valence-corrected chi connectivity index (χ1v) is 15.4. The molecule has 7 aromatic rings. The van der Waals surface area contributed by atoms with Crippen molar-refractivity contribution >= 4 is 27.8 Å². The maximum atomic E-state index is 2.41. The molecule has 0 radical (unpaired) electrons. The predicted molar refractivity (Wildman–Crippen MR) is 187 cm³/mol. The van der Waals surface area contributed by atoms with E-state index in [0.717, 1.165) is 17.1 Å². The van der Waals surface area contributed by atoms with E-state index in [0.29, 0.717) is 0 Å². The van der Waals surface area contributed by atoms with Crippen LogP contribution in [-0.4, -0.2) is 0 Å². The molecule has 0 bridgehead atoms. The molecule has 0 saturated heterocycles. The van der Waals surface area contributed by atoms with Crippen LogP contribution >= 0.6 is 0 Å². The number of para-hydroxylation sites is 1. The van der Waals surface area contributed by atoms with Gasteiger partial charge in [0.25, 0.3) is 0 Å². The Kier molecular flexibility index (Phi) is 6.20. The van der Waals surface area contributed by atoms with E-state index in [4.69, 9.17) is 0 Å². The van der Waals surface area contributed by atoms with Crippen LogP contribution in [0.1, 0.15) is 25.0 Å². The maximum absolute atomic E-state index is 2.41. The maximum Gasteiger partial charge on any atom is 0.0465 e. The van der Waals surface area contributed by atoms with E-state index in [1.165, 1.54) is 55.3 Å². The van der Waals surface area contributed by atoms with E-state index in [1.807, 2.05) is 0 Å². The molecule has 7 aromatic carbocycles. The number of rotatable bonds is 5. The first-order valence-electron chi connectivity index (χ1n) is 15.4. The highest BCUT2D eigenvalue weighted by molar-refractivity contribution is 5.94. The van der Waals surface area contributed by atoms with Gasteiger partial charge in [0, 0.05) is 22.5 Å². The molecule has 0 fully saturated rings. The predicted octanol–water partition coefficient (Wildman–Crippen LogP) is 11.9. The van der Waals surface area contributed by atoms with Gasteiger partial charge >= 0.3 is 0 Å². The van der Waals surface area contributed by atoms with Crippen LogP contribution in [-0.2, 0) is 5.41 Å². The monoisotopic (exact) mass is 563 g/mol. The summed E-state index contributed by atoms with van der Waals surface area (Å²) in [4.78, 5) is 2.38. The lowest BCUT2D eigenvalue weighted by Gasteiger charge is -2.28. The lowest BCUT2D eigenvalue weighted by atomic mass is 9.81. The molecular weight excluding hydrogens is 530 g/mol. The van der Waals surface area contributed by atoms with Gasteiger partial charge < -0.3 is 4.90 Å². The highest BCUT2D eigenvalue weighted by atomic mass is 15.1. The van der Waals surface area contributed by atoms with Crippen molar-refractivity contribution < 1.29 is 0 Å². The fourth-order valence-electron chi connectivity index (χ4n) is 6.97. The summed E-state index contributed by atoms with van der Waals surface area (Å²) >= 11 is 0. The molecule has 0 spiro atoms. The molecule has 0 unspecified atom stereocenters.